The van der Waals surface area contributed by atoms with Crippen LogP contribution in [-0.2, 0) is 6.54 Å². The largest absolute Gasteiger partial charge is 0.378 e. The zero-order valence-electron chi connectivity index (χ0n) is 12.0. The van der Waals surface area contributed by atoms with Gasteiger partial charge in [-0.05, 0) is 13.8 Å². The normalized spacial score (nSPS) is 10.6. The number of nitrogens with one attached hydrogen (secondary N) is 1. The summed E-state index contributed by atoms with van der Waals surface area (Å²) in [6.07, 6.45) is 3.64. The Morgan fingerprint density at radius 1 is 1.05 bits per heavy atom. The highest BCUT2D eigenvalue weighted by Gasteiger charge is 2.05. The molecule has 3 rings (SSSR count). The molecule has 0 fully saturated rings. The lowest BCUT2D eigenvalue weighted by Gasteiger charge is -2.05. The molecule has 0 bridgehead atoms. The van der Waals surface area contributed by atoms with Crippen LogP contribution in [0.4, 0.5) is 5.69 Å². The zero-order valence-corrected chi connectivity index (χ0v) is 12.8. The van der Waals surface area contributed by atoms with Gasteiger partial charge in [0.05, 0.1) is 35.3 Å². The molecule has 106 valence electrons. The second-order valence-corrected chi connectivity index (χ2v) is 6.04. The van der Waals surface area contributed by atoms with Crippen molar-refractivity contribution in [2.24, 2.45) is 0 Å². The Kier molecular flexibility index (Phi) is 3.92. The topological polar surface area (TPSA) is 50.7 Å². The van der Waals surface area contributed by atoms with Crippen molar-refractivity contribution in [2.75, 3.05) is 5.32 Å². The Morgan fingerprint density at radius 2 is 1.76 bits per heavy atom. The van der Waals surface area contributed by atoms with Gasteiger partial charge in [-0.1, -0.05) is 30.3 Å². The first-order chi connectivity index (χ1) is 10.2. The maximum atomic E-state index is 4.42. The van der Waals surface area contributed by atoms with Crippen molar-refractivity contribution in [3.8, 4) is 11.4 Å². The fraction of sp³-hybridized carbons (Fsp3) is 0.188. The molecule has 0 saturated carbocycles. The molecule has 0 aliphatic heterocycles. The van der Waals surface area contributed by atoms with Crippen molar-refractivity contribution in [2.45, 2.75) is 20.4 Å². The Labute approximate surface area is 127 Å². The van der Waals surface area contributed by atoms with Crippen LogP contribution in [0.25, 0.3) is 11.4 Å². The Balaban J connectivity index is 1.69. The summed E-state index contributed by atoms with van der Waals surface area (Å²) >= 11 is 1.72. The highest BCUT2D eigenvalue weighted by Crippen LogP contribution is 2.19. The first-order valence-corrected chi connectivity index (χ1v) is 7.58. The van der Waals surface area contributed by atoms with E-state index in [2.05, 4.69) is 20.3 Å². The standard InChI is InChI=1S/C16H16N4S/c1-11-15(21-12(2)20-11)10-17-14-8-18-16(19-9-14)13-6-4-3-5-7-13/h3-9,17H,10H2,1-2H3. The molecule has 1 N–H and O–H groups in total. The van der Waals surface area contributed by atoms with Crippen LogP contribution in [0.5, 0.6) is 0 Å². The minimum atomic E-state index is 0.742. The van der Waals surface area contributed by atoms with E-state index in [-0.39, 0.29) is 0 Å². The number of benzene rings is 1. The van der Waals surface area contributed by atoms with Gasteiger partial charge in [0.2, 0.25) is 0 Å². The van der Waals surface area contributed by atoms with Gasteiger partial charge in [-0.3, -0.25) is 0 Å². The van der Waals surface area contributed by atoms with Gasteiger partial charge in [0, 0.05) is 10.4 Å². The minimum Gasteiger partial charge on any atom is -0.378 e. The van der Waals surface area contributed by atoms with Crippen LogP contribution in [0.15, 0.2) is 42.7 Å². The summed E-state index contributed by atoms with van der Waals surface area (Å²) < 4.78 is 0. The first-order valence-electron chi connectivity index (χ1n) is 6.76. The second-order valence-electron chi connectivity index (χ2n) is 4.76. The number of aromatic nitrogens is 3. The lowest BCUT2D eigenvalue weighted by molar-refractivity contribution is 1.09. The Bertz CT molecular complexity index is 720. The molecule has 0 amide bonds. The average Bonchev–Trinajstić information content (AvgIpc) is 2.84. The summed E-state index contributed by atoms with van der Waals surface area (Å²) in [5, 5.41) is 4.44. The summed E-state index contributed by atoms with van der Waals surface area (Å²) in [5.74, 6) is 0.742. The van der Waals surface area contributed by atoms with Crippen molar-refractivity contribution < 1.29 is 0 Å². The maximum Gasteiger partial charge on any atom is 0.159 e. The monoisotopic (exact) mass is 296 g/mol. The zero-order chi connectivity index (χ0) is 14.7. The summed E-state index contributed by atoms with van der Waals surface area (Å²) in [6.45, 7) is 4.82. The van der Waals surface area contributed by atoms with Crippen LogP contribution >= 0.6 is 11.3 Å². The molecule has 0 saturated heterocycles. The molecule has 0 atom stereocenters. The average molecular weight is 296 g/mol. The van der Waals surface area contributed by atoms with Gasteiger partial charge < -0.3 is 5.32 Å². The molecular weight excluding hydrogens is 280 g/mol. The maximum absolute atomic E-state index is 4.42. The molecular formula is C16H16N4S. The smallest absolute Gasteiger partial charge is 0.159 e. The number of aryl methyl sites for hydroxylation is 2. The van der Waals surface area contributed by atoms with Gasteiger partial charge in [0.25, 0.3) is 0 Å². The minimum absolute atomic E-state index is 0.742. The molecule has 0 aliphatic rings. The SMILES string of the molecule is Cc1nc(C)c(CNc2cnc(-c3ccccc3)nc2)s1. The third-order valence-corrected chi connectivity index (χ3v) is 4.21. The van der Waals surface area contributed by atoms with E-state index in [0.29, 0.717) is 0 Å². The van der Waals surface area contributed by atoms with E-state index < -0.39 is 0 Å². The fourth-order valence-corrected chi connectivity index (χ4v) is 2.95. The van der Waals surface area contributed by atoms with E-state index >= 15 is 0 Å². The summed E-state index contributed by atoms with van der Waals surface area (Å²) in [7, 11) is 0. The highest BCUT2D eigenvalue weighted by atomic mass is 32.1. The van der Waals surface area contributed by atoms with E-state index in [9.17, 15) is 0 Å². The van der Waals surface area contributed by atoms with Gasteiger partial charge in [0.1, 0.15) is 0 Å². The third kappa shape index (κ3) is 3.25. The molecule has 1 aromatic carbocycles. The van der Waals surface area contributed by atoms with Gasteiger partial charge in [0.15, 0.2) is 5.82 Å². The summed E-state index contributed by atoms with van der Waals surface area (Å²) in [5.41, 5.74) is 3.03. The lowest BCUT2D eigenvalue weighted by Crippen LogP contribution is -2.00. The molecule has 0 aliphatic carbocycles. The van der Waals surface area contributed by atoms with Crippen molar-refractivity contribution in [1.29, 1.82) is 0 Å². The van der Waals surface area contributed by atoms with Crippen LogP contribution in [-0.4, -0.2) is 15.0 Å². The molecule has 5 heteroatoms. The predicted octanol–water partition coefficient (Wildman–Crippen LogP) is 3.83. The number of thiazole rings is 1. The summed E-state index contributed by atoms with van der Waals surface area (Å²) in [6, 6.07) is 9.97. The summed E-state index contributed by atoms with van der Waals surface area (Å²) in [4.78, 5) is 14.5. The van der Waals surface area contributed by atoms with E-state index in [1.165, 1.54) is 4.88 Å². The van der Waals surface area contributed by atoms with Crippen LogP contribution in [0.3, 0.4) is 0 Å². The number of nitrogens with zero attached hydrogens (tertiary/aromatic N) is 3. The quantitative estimate of drug-likeness (QED) is 0.795. The fourth-order valence-electron chi connectivity index (χ4n) is 2.08. The van der Waals surface area contributed by atoms with Crippen molar-refractivity contribution >= 4 is 17.0 Å². The number of anilines is 1. The van der Waals surface area contributed by atoms with Gasteiger partial charge >= 0.3 is 0 Å². The molecule has 3 aromatic rings. The van der Waals surface area contributed by atoms with Crippen molar-refractivity contribution in [3.05, 3.63) is 58.3 Å². The van der Waals surface area contributed by atoms with Crippen LogP contribution < -0.4 is 5.32 Å². The van der Waals surface area contributed by atoms with Crippen LogP contribution in [0.2, 0.25) is 0 Å². The van der Waals surface area contributed by atoms with E-state index in [1.807, 2.05) is 56.6 Å². The predicted molar refractivity (Wildman–Crippen MR) is 86.4 cm³/mol. The number of hydrogen-bond donors (Lipinski definition) is 1. The van der Waals surface area contributed by atoms with Crippen molar-refractivity contribution in [1.82, 2.24) is 15.0 Å². The van der Waals surface area contributed by atoms with Gasteiger partial charge in [-0.25, -0.2) is 15.0 Å². The van der Waals surface area contributed by atoms with Crippen molar-refractivity contribution in [3.63, 3.8) is 0 Å². The molecule has 2 heterocycles. The number of rotatable bonds is 4. The molecule has 2 aromatic heterocycles. The molecule has 0 spiro atoms. The lowest BCUT2D eigenvalue weighted by atomic mass is 10.2. The molecule has 21 heavy (non-hydrogen) atoms. The molecule has 4 nitrogen and oxygen atoms in total. The second kappa shape index (κ2) is 6.01. The van der Waals surface area contributed by atoms with E-state index in [0.717, 1.165) is 34.3 Å². The molecule has 0 radical (unpaired) electrons. The van der Waals surface area contributed by atoms with Crippen LogP contribution in [0, 0.1) is 13.8 Å². The Morgan fingerprint density at radius 3 is 2.38 bits per heavy atom. The third-order valence-electron chi connectivity index (χ3n) is 3.14. The highest BCUT2D eigenvalue weighted by molar-refractivity contribution is 7.11. The van der Waals surface area contributed by atoms with E-state index in [4.69, 9.17) is 0 Å². The van der Waals surface area contributed by atoms with Crippen LogP contribution in [0.1, 0.15) is 15.6 Å². The number of hydrogen-bond acceptors (Lipinski definition) is 5. The van der Waals surface area contributed by atoms with Gasteiger partial charge in [-0.15, -0.1) is 11.3 Å². The molecule has 0 unspecified atom stereocenters. The Hall–Kier alpha value is -2.27. The van der Waals surface area contributed by atoms with Gasteiger partial charge in [-0.2, -0.15) is 0 Å². The van der Waals surface area contributed by atoms with E-state index in [1.54, 1.807) is 11.3 Å². The first kappa shape index (κ1) is 13.7.